The van der Waals surface area contributed by atoms with Crippen molar-refractivity contribution in [2.75, 3.05) is 7.11 Å². The molecule has 5 nitrogen and oxygen atoms in total. The van der Waals surface area contributed by atoms with Gasteiger partial charge in [-0.3, -0.25) is 0 Å². The van der Waals surface area contributed by atoms with Gasteiger partial charge in [-0.25, -0.2) is 4.79 Å². The van der Waals surface area contributed by atoms with Gasteiger partial charge in [0.15, 0.2) is 5.06 Å². The van der Waals surface area contributed by atoms with Gasteiger partial charge in [0.2, 0.25) is 0 Å². The maximum Gasteiger partial charge on any atom is 0.514 e. The summed E-state index contributed by atoms with van der Waals surface area (Å²) in [5.41, 5.74) is -1.41. The Morgan fingerprint density at radius 2 is 1.84 bits per heavy atom. The van der Waals surface area contributed by atoms with Gasteiger partial charge in [-0.05, 0) is 37.0 Å². The van der Waals surface area contributed by atoms with E-state index in [2.05, 4.69) is 9.89 Å². The number of hydrogen-bond acceptors (Lipinski definition) is 6. The number of ether oxygens (including phenoxy) is 2. The lowest BCUT2D eigenvalue weighted by Gasteiger charge is -2.29. The third-order valence-corrected chi connectivity index (χ3v) is 7.57. The second kappa shape index (κ2) is 8.03. The number of carbonyl (C=O) groups is 1. The predicted molar refractivity (Wildman–Crippen MR) is 111 cm³/mol. The third kappa shape index (κ3) is 3.75. The molecule has 0 saturated heterocycles. The number of carbonyl (C=O) groups excluding carboxylic acids is 1. The molecule has 166 valence electrons. The molecule has 1 aliphatic carbocycles. The van der Waals surface area contributed by atoms with E-state index in [1.165, 1.54) is 7.11 Å². The minimum absolute atomic E-state index is 0.0516. The standard InChI is InChI=1S/C19H13Cl3F3NO4S/c1-28-17(27)29-16-10-4-2-3-9(10)15(31-16)13-7-18(30-26-13,19(23,24)25)8-5-11(20)14(22)12(21)6-8/h5-6H,2-4,7H2,1H3. The molecule has 31 heavy (non-hydrogen) atoms. The molecule has 1 unspecified atom stereocenters. The van der Waals surface area contributed by atoms with Crippen molar-refractivity contribution < 1.29 is 32.3 Å². The molecule has 0 bridgehead atoms. The topological polar surface area (TPSA) is 57.1 Å². The summed E-state index contributed by atoms with van der Waals surface area (Å²) >= 11 is 18.9. The number of alkyl halides is 3. The van der Waals surface area contributed by atoms with E-state index in [1.54, 1.807) is 0 Å². The minimum atomic E-state index is -4.83. The van der Waals surface area contributed by atoms with Crippen LogP contribution in [0.25, 0.3) is 0 Å². The monoisotopic (exact) mass is 513 g/mol. The van der Waals surface area contributed by atoms with Gasteiger partial charge in [0.25, 0.3) is 5.60 Å². The van der Waals surface area contributed by atoms with E-state index in [9.17, 15) is 18.0 Å². The van der Waals surface area contributed by atoms with E-state index in [1.807, 2.05) is 0 Å². The quantitative estimate of drug-likeness (QED) is 0.329. The maximum atomic E-state index is 14.3. The molecule has 0 N–H and O–H groups in total. The average Bonchev–Trinajstić information content (AvgIpc) is 3.41. The molecule has 0 amide bonds. The number of halogens is 6. The number of benzene rings is 1. The Morgan fingerprint density at radius 1 is 1.19 bits per heavy atom. The molecule has 4 rings (SSSR count). The van der Waals surface area contributed by atoms with Crippen LogP contribution in [-0.4, -0.2) is 25.2 Å². The van der Waals surface area contributed by atoms with Crippen LogP contribution in [0.4, 0.5) is 18.0 Å². The first-order valence-corrected chi connectivity index (χ1v) is 10.9. The first kappa shape index (κ1) is 22.5. The highest BCUT2D eigenvalue weighted by atomic mass is 35.5. The van der Waals surface area contributed by atoms with Crippen LogP contribution in [0.5, 0.6) is 5.06 Å². The molecule has 0 spiro atoms. The second-order valence-corrected chi connectivity index (χ2v) is 9.15. The largest absolute Gasteiger partial charge is 0.514 e. The highest BCUT2D eigenvalue weighted by molar-refractivity contribution is 7.16. The zero-order valence-electron chi connectivity index (χ0n) is 15.7. The molecule has 1 aliphatic heterocycles. The number of hydrogen-bond donors (Lipinski definition) is 0. The van der Waals surface area contributed by atoms with Crippen molar-refractivity contribution in [2.24, 2.45) is 5.16 Å². The summed E-state index contributed by atoms with van der Waals surface area (Å²) in [5, 5.41) is 3.77. The van der Waals surface area contributed by atoms with E-state index >= 15 is 0 Å². The van der Waals surface area contributed by atoms with Gasteiger partial charge < -0.3 is 14.3 Å². The lowest BCUT2D eigenvalue weighted by atomic mass is 9.87. The lowest BCUT2D eigenvalue weighted by Crippen LogP contribution is -2.42. The summed E-state index contributed by atoms with van der Waals surface area (Å²) in [5.74, 6) is 0. The Kier molecular flexibility index (Phi) is 5.83. The highest BCUT2D eigenvalue weighted by Crippen LogP contribution is 2.52. The van der Waals surface area contributed by atoms with Crippen molar-refractivity contribution >= 4 is 58.0 Å². The number of fused-ring (bicyclic) bond motifs is 1. The van der Waals surface area contributed by atoms with Gasteiger partial charge in [0.05, 0.1) is 33.5 Å². The van der Waals surface area contributed by atoms with Crippen LogP contribution in [0, 0.1) is 0 Å². The SMILES string of the molecule is COC(=O)Oc1sc(C2=NOC(c3cc(Cl)c(Cl)c(Cl)c3)(C(F)(F)F)C2)c2c1CCC2. The van der Waals surface area contributed by atoms with Crippen molar-refractivity contribution in [1.82, 2.24) is 0 Å². The normalized spacial score (nSPS) is 20.3. The molecule has 1 aromatic heterocycles. The van der Waals surface area contributed by atoms with Crippen LogP contribution in [0.15, 0.2) is 17.3 Å². The smallest absolute Gasteiger partial charge is 0.437 e. The molecule has 0 saturated carbocycles. The summed E-state index contributed by atoms with van der Waals surface area (Å²) in [6.45, 7) is 0. The fourth-order valence-corrected chi connectivity index (χ4v) is 5.50. The van der Waals surface area contributed by atoms with Crippen LogP contribution in [-0.2, 0) is 28.0 Å². The summed E-state index contributed by atoms with van der Waals surface area (Å²) in [6.07, 6.45) is -4.28. The Bertz CT molecular complexity index is 1080. The van der Waals surface area contributed by atoms with Crippen LogP contribution >= 0.6 is 46.1 Å². The van der Waals surface area contributed by atoms with Crippen LogP contribution in [0.1, 0.15) is 34.4 Å². The molecular weight excluding hydrogens is 502 g/mol. The molecule has 1 atom stereocenters. The number of thiophene rings is 1. The van der Waals surface area contributed by atoms with E-state index < -0.39 is 24.4 Å². The molecule has 12 heteroatoms. The average molecular weight is 515 g/mol. The number of rotatable bonds is 3. The first-order chi connectivity index (χ1) is 14.6. The Labute approximate surface area is 193 Å². The fourth-order valence-electron chi connectivity index (χ4n) is 3.68. The van der Waals surface area contributed by atoms with Gasteiger partial charge in [0.1, 0.15) is 5.71 Å². The summed E-state index contributed by atoms with van der Waals surface area (Å²) in [4.78, 5) is 17.1. The van der Waals surface area contributed by atoms with Crippen LogP contribution in [0.3, 0.4) is 0 Å². The number of methoxy groups -OCH3 is 1. The maximum absolute atomic E-state index is 14.3. The van der Waals surface area contributed by atoms with Crippen molar-refractivity contribution in [3.63, 3.8) is 0 Å². The van der Waals surface area contributed by atoms with E-state index in [-0.39, 0.29) is 26.3 Å². The zero-order valence-corrected chi connectivity index (χ0v) is 18.8. The first-order valence-electron chi connectivity index (χ1n) is 8.95. The molecule has 1 aromatic carbocycles. The van der Waals surface area contributed by atoms with Crippen molar-refractivity contribution in [2.45, 2.75) is 37.5 Å². The van der Waals surface area contributed by atoms with Gasteiger partial charge in [0, 0.05) is 11.1 Å². The van der Waals surface area contributed by atoms with Crippen LogP contribution < -0.4 is 4.74 Å². The zero-order chi connectivity index (χ0) is 22.6. The summed E-state index contributed by atoms with van der Waals surface area (Å²) < 4.78 is 52.5. The Balaban J connectivity index is 1.74. The van der Waals surface area contributed by atoms with Crippen LogP contribution in [0.2, 0.25) is 15.1 Å². The molecule has 0 fully saturated rings. The van der Waals surface area contributed by atoms with Gasteiger partial charge >= 0.3 is 12.3 Å². The molecule has 0 radical (unpaired) electrons. The summed E-state index contributed by atoms with van der Waals surface area (Å²) in [7, 11) is 1.17. The third-order valence-electron chi connectivity index (χ3n) is 5.17. The predicted octanol–water partition coefficient (Wildman–Crippen LogP) is 6.92. The summed E-state index contributed by atoms with van der Waals surface area (Å²) in [6, 6.07) is 2.15. The molecular formula is C19H13Cl3F3NO4S. The van der Waals surface area contributed by atoms with Gasteiger partial charge in [-0.2, -0.15) is 13.2 Å². The van der Waals surface area contributed by atoms with E-state index in [0.29, 0.717) is 22.8 Å². The number of nitrogens with zero attached hydrogens (tertiary/aromatic N) is 1. The van der Waals surface area contributed by atoms with E-state index in [0.717, 1.165) is 41.0 Å². The van der Waals surface area contributed by atoms with Crippen molar-refractivity contribution in [3.05, 3.63) is 48.8 Å². The Morgan fingerprint density at radius 3 is 2.45 bits per heavy atom. The molecule has 2 aliphatic rings. The van der Waals surface area contributed by atoms with Crippen molar-refractivity contribution in [1.29, 1.82) is 0 Å². The van der Waals surface area contributed by atoms with Gasteiger partial charge in [-0.1, -0.05) is 51.3 Å². The van der Waals surface area contributed by atoms with Gasteiger partial charge in [-0.15, -0.1) is 0 Å². The molecule has 2 aromatic rings. The second-order valence-electron chi connectivity index (χ2n) is 6.97. The van der Waals surface area contributed by atoms with Crippen molar-refractivity contribution in [3.8, 4) is 5.06 Å². The fraction of sp³-hybridized carbons (Fsp3) is 0.368. The lowest BCUT2D eigenvalue weighted by molar-refractivity contribution is -0.275. The highest BCUT2D eigenvalue weighted by Gasteiger charge is 2.63. The van der Waals surface area contributed by atoms with E-state index in [4.69, 9.17) is 44.4 Å². The Hall–Kier alpha value is -1.68. The molecule has 2 heterocycles. The number of oxime groups is 1. The minimum Gasteiger partial charge on any atom is -0.437 e.